The Bertz CT molecular complexity index is 1370. The van der Waals surface area contributed by atoms with Gasteiger partial charge in [-0.15, -0.1) is 0 Å². The van der Waals surface area contributed by atoms with Crippen LogP contribution in [0.1, 0.15) is 11.1 Å². The number of sulfonamides is 1. The number of carbonyl (C=O) groups is 1. The molecule has 1 saturated heterocycles. The molecule has 0 saturated carbocycles. The van der Waals surface area contributed by atoms with Crippen LogP contribution in [-0.4, -0.2) is 58.6 Å². The van der Waals surface area contributed by atoms with Gasteiger partial charge in [0.2, 0.25) is 0 Å². The molecule has 0 unspecified atom stereocenters. The normalized spacial score (nSPS) is 15.7. The molecule has 0 bridgehead atoms. The van der Waals surface area contributed by atoms with E-state index in [1.807, 2.05) is 42.5 Å². The molecular weight excluding hydrogens is 498 g/mol. The number of anilines is 2. The summed E-state index contributed by atoms with van der Waals surface area (Å²) in [4.78, 5) is 16.9. The second-order valence-electron chi connectivity index (χ2n) is 9.01. The molecule has 0 N–H and O–H groups in total. The van der Waals surface area contributed by atoms with Crippen molar-refractivity contribution in [2.45, 2.75) is 18.2 Å². The average molecular weight is 526 g/mol. The number of benzene rings is 3. The van der Waals surface area contributed by atoms with Gasteiger partial charge in [-0.3, -0.25) is 9.10 Å². The van der Waals surface area contributed by atoms with Crippen LogP contribution < -0.4 is 13.9 Å². The van der Waals surface area contributed by atoms with Gasteiger partial charge in [0.05, 0.1) is 10.6 Å². The summed E-state index contributed by atoms with van der Waals surface area (Å²) >= 11 is 6.16. The second-order valence-corrected chi connectivity index (χ2v) is 11.3. The molecule has 2 aliphatic heterocycles. The third-order valence-electron chi connectivity index (χ3n) is 6.76. The molecule has 2 aliphatic rings. The van der Waals surface area contributed by atoms with Crippen LogP contribution >= 0.6 is 11.6 Å². The van der Waals surface area contributed by atoms with E-state index in [-0.39, 0.29) is 17.4 Å². The highest BCUT2D eigenvalue weighted by Crippen LogP contribution is 2.33. The standard InChI is InChI=1S/C27H28ClN3O4S/c1-20-6-7-22(28)18-26(20)29-14-16-30(17-15-29)27(32)19-35-23-8-10-24(11-9-23)36(33,34)31-13-12-21-4-2-3-5-25(21)31/h2-11,18H,12-17,19H2,1H3. The van der Waals surface area contributed by atoms with E-state index in [2.05, 4.69) is 11.8 Å². The Morgan fingerprint density at radius 1 is 0.917 bits per heavy atom. The van der Waals surface area contributed by atoms with Crippen LogP contribution in [0.2, 0.25) is 5.02 Å². The Morgan fingerprint density at radius 2 is 1.64 bits per heavy atom. The maximum Gasteiger partial charge on any atom is 0.264 e. The summed E-state index contributed by atoms with van der Waals surface area (Å²) in [5, 5.41) is 0.701. The van der Waals surface area contributed by atoms with Crippen LogP contribution in [0, 0.1) is 6.92 Å². The minimum Gasteiger partial charge on any atom is -0.484 e. The quantitative estimate of drug-likeness (QED) is 0.484. The molecule has 1 amide bonds. The minimum atomic E-state index is -3.66. The summed E-state index contributed by atoms with van der Waals surface area (Å²) in [5.41, 5.74) is 4.01. The fourth-order valence-electron chi connectivity index (χ4n) is 4.75. The number of aryl methyl sites for hydroxylation is 1. The van der Waals surface area contributed by atoms with Crippen LogP contribution in [0.5, 0.6) is 5.75 Å². The van der Waals surface area contributed by atoms with Crippen LogP contribution in [0.4, 0.5) is 11.4 Å². The van der Waals surface area contributed by atoms with Crippen molar-refractivity contribution in [1.29, 1.82) is 0 Å². The van der Waals surface area contributed by atoms with Crippen LogP contribution in [0.25, 0.3) is 0 Å². The number of hydrogen-bond acceptors (Lipinski definition) is 5. The van der Waals surface area contributed by atoms with Crippen molar-refractivity contribution in [3.05, 3.63) is 82.9 Å². The van der Waals surface area contributed by atoms with Gasteiger partial charge in [0.1, 0.15) is 5.75 Å². The molecule has 3 aromatic carbocycles. The van der Waals surface area contributed by atoms with Crippen molar-refractivity contribution < 1.29 is 17.9 Å². The van der Waals surface area contributed by atoms with Crippen molar-refractivity contribution in [2.75, 3.05) is 48.5 Å². The Balaban J connectivity index is 1.16. The van der Waals surface area contributed by atoms with Gasteiger partial charge in [0.25, 0.3) is 15.9 Å². The average Bonchev–Trinajstić information content (AvgIpc) is 3.34. The molecule has 2 heterocycles. The summed E-state index contributed by atoms with van der Waals surface area (Å²) in [6, 6.07) is 19.7. The first-order valence-corrected chi connectivity index (χ1v) is 13.8. The lowest BCUT2D eigenvalue weighted by molar-refractivity contribution is -0.133. The van der Waals surface area contributed by atoms with Crippen molar-refractivity contribution >= 4 is 38.9 Å². The minimum absolute atomic E-state index is 0.0946. The summed E-state index contributed by atoms with van der Waals surface area (Å²) in [6.07, 6.45) is 0.700. The first-order valence-electron chi connectivity index (χ1n) is 12.0. The first kappa shape index (κ1) is 24.5. The van der Waals surface area contributed by atoms with Crippen LogP contribution in [-0.2, 0) is 21.2 Å². The number of piperazine rings is 1. The van der Waals surface area contributed by atoms with E-state index in [4.69, 9.17) is 16.3 Å². The highest BCUT2D eigenvalue weighted by atomic mass is 35.5. The van der Waals surface area contributed by atoms with Gasteiger partial charge >= 0.3 is 0 Å². The number of nitrogens with zero attached hydrogens (tertiary/aromatic N) is 3. The van der Waals surface area contributed by atoms with Gasteiger partial charge in [-0.2, -0.15) is 0 Å². The molecule has 0 aliphatic carbocycles. The van der Waals surface area contributed by atoms with Crippen molar-refractivity contribution in [1.82, 2.24) is 4.90 Å². The van der Waals surface area contributed by atoms with Crippen molar-refractivity contribution in [2.24, 2.45) is 0 Å². The van der Waals surface area contributed by atoms with Gasteiger partial charge < -0.3 is 14.5 Å². The maximum absolute atomic E-state index is 13.2. The summed E-state index contributed by atoms with van der Waals surface area (Å²) < 4.78 is 33.5. The maximum atomic E-state index is 13.2. The van der Waals surface area contributed by atoms with E-state index in [1.165, 1.54) is 16.4 Å². The van der Waals surface area contributed by atoms with Crippen LogP contribution in [0.15, 0.2) is 71.6 Å². The largest absolute Gasteiger partial charge is 0.484 e. The number of ether oxygens (including phenoxy) is 1. The van der Waals surface area contributed by atoms with Gasteiger partial charge in [0.15, 0.2) is 6.61 Å². The van der Waals surface area contributed by atoms with Gasteiger partial charge in [-0.1, -0.05) is 35.9 Å². The molecule has 7 nitrogen and oxygen atoms in total. The lowest BCUT2D eigenvalue weighted by Crippen LogP contribution is -2.50. The highest BCUT2D eigenvalue weighted by Gasteiger charge is 2.30. The monoisotopic (exact) mass is 525 g/mol. The lowest BCUT2D eigenvalue weighted by Gasteiger charge is -2.36. The van der Waals surface area contributed by atoms with Crippen molar-refractivity contribution in [3.8, 4) is 5.75 Å². The molecule has 9 heteroatoms. The van der Waals surface area contributed by atoms with Crippen LogP contribution in [0.3, 0.4) is 0 Å². The number of hydrogen-bond donors (Lipinski definition) is 0. The molecule has 1 fully saturated rings. The third kappa shape index (κ3) is 4.88. The molecule has 0 radical (unpaired) electrons. The van der Waals surface area contributed by atoms with E-state index >= 15 is 0 Å². The predicted octanol–water partition coefficient (Wildman–Crippen LogP) is 4.13. The number of para-hydroxylation sites is 1. The Morgan fingerprint density at radius 3 is 2.39 bits per heavy atom. The van der Waals surface area contributed by atoms with Gasteiger partial charge in [-0.05, 0) is 66.9 Å². The number of halogens is 1. The molecule has 3 aromatic rings. The fourth-order valence-corrected chi connectivity index (χ4v) is 6.42. The fraction of sp³-hybridized carbons (Fsp3) is 0.296. The molecule has 188 valence electrons. The molecule has 0 aromatic heterocycles. The summed E-state index contributed by atoms with van der Waals surface area (Å²) in [5.74, 6) is 0.361. The number of rotatable bonds is 6. The third-order valence-corrected chi connectivity index (χ3v) is 8.83. The predicted molar refractivity (Wildman–Crippen MR) is 142 cm³/mol. The number of amides is 1. The molecule has 0 atom stereocenters. The van der Waals surface area contributed by atoms with Gasteiger partial charge in [0, 0.05) is 43.4 Å². The zero-order valence-electron chi connectivity index (χ0n) is 20.1. The smallest absolute Gasteiger partial charge is 0.264 e. The van der Waals surface area contributed by atoms with Gasteiger partial charge in [-0.25, -0.2) is 8.42 Å². The molecule has 36 heavy (non-hydrogen) atoms. The van der Waals surface area contributed by atoms with E-state index in [0.717, 1.165) is 35.6 Å². The first-order chi connectivity index (χ1) is 17.3. The van der Waals surface area contributed by atoms with E-state index in [9.17, 15) is 13.2 Å². The SMILES string of the molecule is Cc1ccc(Cl)cc1N1CCN(C(=O)COc2ccc(S(=O)(=O)N3CCc4ccccc43)cc2)CC1. The second kappa shape index (κ2) is 10.0. The Hall–Kier alpha value is -3.23. The summed E-state index contributed by atoms with van der Waals surface area (Å²) in [6.45, 7) is 5.03. The zero-order chi connectivity index (χ0) is 25.3. The Labute approximate surface area is 216 Å². The molecular formula is C27H28ClN3O4S. The lowest BCUT2D eigenvalue weighted by atomic mass is 10.1. The zero-order valence-corrected chi connectivity index (χ0v) is 21.6. The molecule has 5 rings (SSSR count). The van der Waals surface area contributed by atoms with E-state index in [0.29, 0.717) is 36.8 Å². The molecule has 0 spiro atoms. The highest BCUT2D eigenvalue weighted by molar-refractivity contribution is 7.92. The summed E-state index contributed by atoms with van der Waals surface area (Å²) in [7, 11) is -3.66. The van der Waals surface area contributed by atoms with E-state index in [1.54, 1.807) is 17.0 Å². The van der Waals surface area contributed by atoms with E-state index < -0.39 is 10.0 Å². The number of fused-ring (bicyclic) bond motifs is 1. The van der Waals surface area contributed by atoms with Crippen molar-refractivity contribution in [3.63, 3.8) is 0 Å². The topological polar surface area (TPSA) is 70.2 Å². The Kier molecular flexibility index (Phi) is 6.81. The number of carbonyl (C=O) groups excluding carboxylic acids is 1.